The van der Waals surface area contributed by atoms with E-state index in [-0.39, 0.29) is 16.5 Å². The van der Waals surface area contributed by atoms with Crippen molar-refractivity contribution >= 4 is 48.1 Å². The first kappa shape index (κ1) is 19.9. The molecule has 0 saturated heterocycles. The Morgan fingerprint density at radius 3 is 2.14 bits per heavy atom. The van der Waals surface area contributed by atoms with Gasteiger partial charge in [-0.2, -0.15) is 27.1 Å². The number of benzene rings is 3. The van der Waals surface area contributed by atoms with Gasteiger partial charge in [-0.1, -0.05) is 18.2 Å². The van der Waals surface area contributed by atoms with Crippen LogP contribution in [0.5, 0.6) is 0 Å². The van der Waals surface area contributed by atoms with Gasteiger partial charge in [-0.15, -0.1) is 0 Å². The molecule has 3 aromatic rings. The first-order valence-corrected chi connectivity index (χ1v) is 10.6. The lowest BCUT2D eigenvalue weighted by molar-refractivity contribution is 0.481. The maximum atomic E-state index is 11.8. The van der Waals surface area contributed by atoms with E-state index < -0.39 is 30.0 Å². The average molecular weight is 421 g/mol. The third-order valence-electron chi connectivity index (χ3n) is 3.96. The number of rotatable bonds is 4. The van der Waals surface area contributed by atoms with Gasteiger partial charge in [0.2, 0.25) is 0 Å². The van der Waals surface area contributed by atoms with Crippen LogP contribution in [0.15, 0.2) is 68.6 Å². The summed E-state index contributed by atoms with van der Waals surface area (Å²) < 4.78 is 65.9. The number of aryl methyl sites for hydroxylation is 1. The van der Waals surface area contributed by atoms with Crippen molar-refractivity contribution in [1.29, 1.82) is 0 Å². The normalized spacial score (nSPS) is 12.7. The number of hydrogen-bond acceptors (Lipinski definition) is 7. The van der Waals surface area contributed by atoms with Crippen LogP contribution in [0.25, 0.3) is 10.8 Å². The Morgan fingerprint density at radius 1 is 0.821 bits per heavy atom. The van der Waals surface area contributed by atoms with E-state index >= 15 is 0 Å². The third-order valence-corrected chi connectivity index (χ3v) is 5.77. The first-order chi connectivity index (χ1) is 13.0. The van der Waals surface area contributed by atoms with Crippen molar-refractivity contribution in [1.82, 2.24) is 0 Å². The largest absolute Gasteiger partial charge is 0.399 e. The molecule has 0 heterocycles. The van der Waals surface area contributed by atoms with Gasteiger partial charge in [0.05, 0.1) is 11.4 Å². The molecule has 0 bridgehead atoms. The fourth-order valence-electron chi connectivity index (χ4n) is 2.65. The number of nitrogens with zero attached hydrogens (tertiary/aromatic N) is 2. The molecule has 9 nitrogen and oxygen atoms in total. The Morgan fingerprint density at radius 2 is 1.50 bits per heavy atom. The second kappa shape index (κ2) is 6.95. The molecule has 0 aliphatic carbocycles. The van der Waals surface area contributed by atoms with Crippen LogP contribution in [0.2, 0.25) is 0 Å². The Balaban J connectivity index is 2.29. The zero-order valence-electron chi connectivity index (χ0n) is 14.4. The van der Waals surface area contributed by atoms with Crippen molar-refractivity contribution < 1.29 is 25.9 Å². The number of fused-ring (bicyclic) bond motifs is 1. The summed E-state index contributed by atoms with van der Waals surface area (Å²) in [6, 6.07) is 10.9. The molecule has 0 spiro atoms. The summed E-state index contributed by atoms with van der Waals surface area (Å²) in [4.78, 5) is -1.08. The lowest BCUT2D eigenvalue weighted by Crippen LogP contribution is -2.03. The van der Waals surface area contributed by atoms with Crippen molar-refractivity contribution in [2.24, 2.45) is 10.2 Å². The maximum absolute atomic E-state index is 11.8. The summed E-state index contributed by atoms with van der Waals surface area (Å²) >= 11 is 0. The van der Waals surface area contributed by atoms with Crippen LogP contribution in [0.3, 0.4) is 0 Å². The van der Waals surface area contributed by atoms with Crippen LogP contribution in [0.1, 0.15) is 5.56 Å². The molecule has 0 aliphatic rings. The Hall–Kier alpha value is -2.86. The zero-order chi connectivity index (χ0) is 20.7. The Labute approximate surface area is 161 Å². The van der Waals surface area contributed by atoms with Crippen LogP contribution in [0, 0.1) is 6.92 Å². The summed E-state index contributed by atoms with van der Waals surface area (Å²) in [5, 5.41) is 7.75. The molecular formula is C17H15N3O6S2. The van der Waals surface area contributed by atoms with E-state index in [1.807, 2.05) is 0 Å². The molecule has 3 aromatic carbocycles. The lowest BCUT2D eigenvalue weighted by atomic mass is 10.1. The second-order valence-corrected chi connectivity index (χ2v) is 8.77. The predicted octanol–water partition coefficient (Wildman–Crippen LogP) is 3.64. The molecule has 11 heteroatoms. The molecule has 0 radical (unpaired) electrons. The van der Waals surface area contributed by atoms with Gasteiger partial charge in [-0.25, -0.2) is 0 Å². The molecule has 0 aliphatic heterocycles. The van der Waals surface area contributed by atoms with E-state index in [2.05, 4.69) is 10.2 Å². The Bertz CT molecular complexity index is 1330. The molecule has 28 heavy (non-hydrogen) atoms. The van der Waals surface area contributed by atoms with E-state index in [1.165, 1.54) is 18.2 Å². The smallest absolute Gasteiger partial charge is 0.295 e. The van der Waals surface area contributed by atoms with Gasteiger partial charge in [0.15, 0.2) is 0 Å². The van der Waals surface area contributed by atoms with E-state index in [0.717, 1.165) is 17.7 Å². The van der Waals surface area contributed by atoms with E-state index in [0.29, 0.717) is 11.4 Å². The number of nitrogen functional groups attached to an aromatic ring is 1. The summed E-state index contributed by atoms with van der Waals surface area (Å²) in [5.41, 5.74) is 7.30. The molecule has 4 N–H and O–H groups in total. The minimum absolute atomic E-state index is 0.0435. The highest BCUT2D eigenvalue weighted by Gasteiger charge is 2.21. The minimum atomic E-state index is -4.71. The summed E-state index contributed by atoms with van der Waals surface area (Å²) in [5.74, 6) is 0. The van der Waals surface area contributed by atoms with E-state index in [4.69, 9.17) is 5.73 Å². The SMILES string of the molecule is Cc1ccc(N)cc1N=Nc1cc(S(=O)(=O)O)c2cccc(S(=O)(=O)O)c2c1. The highest BCUT2D eigenvalue weighted by atomic mass is 32.2. The number of anilines is 1. The monoisotopic (exact) mass is 421 g/mol. The van der Waals surface area contributed by atoms with Gasteiger partial charge in [0, 0.05) is 16.5 Å². The highest BCUT2D eigenvalue weighted by molar-refractivity contribution is 7.86. The van der Waals surface area contributed by atoms with Crippen LogP contribution < -0.4 is 5.73 Å². The van der Waals surface area contributed by atoms with E-state index in [1.54, 1.807) is 25.1 Å². The average Bonchev–Trinajstić information content (AvgIpc) is 2.59. The van der Waals surface area contributed by atoms with Crippen LogP contribution in [-0.2, 0) is 20.2 Å². The molecular weight excluding hydrogens is 406 g/mol. The second-order valence-electron chi connectivity index (χ2n) is 5.99. The van der Waals surface area contributed by atoms with Gasteiger partial charge in [0.1, 0.15) is 9.79 Å². The molecule has 3 rings (SSSR count). The molecule has 146 valence electrons. The number of azo groups is 1. The van der Waals surface area contributed by atoms with E-state index in [9.17, 15) is 25.9 Å². The van der Waals surface area contributed by atoms with Gasteiger partial charge < -0.3 is 5.73 Å². The first-order valence-electron chi connectivity index (χ1n) is 7.76. The van der Waals surface area contributed by atoms with Gasteiger partial charge in [-0.05, 0) is 42.8 Å². The molecule has 0 atom stereocenters. The summed E-state index contributed by atoms with van der Waals surface area (Å²) in [6.45, 7) is 1.77. The quantitative estimate of drug-likeness (QED) is 0.329. The van der Waals surface area contributed by atoms with Gasteiger partial charge in [-0.3, -0.25) is 9.11 Å². The summed E-state index contributed by atoms with van der Waals surface area (Å²) in [7, 11) is -9.36. The van der Waals surface area contributed by atoms with Crippen molar-refractivity contribution in [3.63, 3.8) is 0 Å². The fraction of sp³-hybridized carbons (Fsp3) is 0.0588. The fourth-order valence-corrected chi connectivity index (χ4v) is 4.07. The van der Waals surface area contributed by atoms with Crippen molar-refractivity contribution in [3.8, 4) is 0 Å². The number of nitrogens with two attached hydrogens (primary N) is 1. The summed E-state index contributed by atoms with van der Waals surface area (Å²) in [6.07, 6.45) is 0. The number of hydrogen-bond donors (Lipinski definition) is 3. The van der Waals surface area contributed by atoms with Crippen LogP contribution >= 0.6 is 0 Å². The van der Waals surface area contributed by atoms with Gasteiger partial charge in [0.25, 0.3) is 20.2 Å². The van der Waals surface area contributed by atoms with Crippen LogP contribution in [0.4, 0.5) is 17.1 Å². The van der Waals surface area contributed by atoms with Crippen molar-refractivity contribution in [3.05, 3.63) is 54.1 Å². The van der Waals surface area contributed by atoms with Crippen LogP contribution in [-0.4, -0.2) is 25.9 Å². The molecule has 0 aromatic heterocycles. The van der Waals surface area contributed by atoms with Gasteiger partial charge >= 0.3 is 0 Å². The lowest BCUT2D eigenvalue weighted by Gasteiger charge is -2.09. The topological polar surface area (TPSA) is 159 Å². The predicted molar refractivity (Wildman–Crippen MR) is 103 cm³/mol. The van der Waals surface area contributed by atoms with Crippen molar-refractivity contribution in [2.45, 2.75) is 16.7 Å². The zero-order valence-corrected chi connectivity index (χ0v) is 16.1. The standard InChI is InChI=1S/C17H15N3O6S2/c1-10-5-6-11(18)7-15(10)20-19-12-8-14-13(17(9-12)28(24,25)26)3-2-4-16(14)27(21,22)23/h2-9H,18H2,1H3,(H,21,22,23)(H,24,25,26). The molecule has 0 saturated carbocycles. The Kier molecular flexibility index (Phi) is 4.93. The molecule has 0 unspecified atom stereocenters. The van der Waals surface area contributed by atoms with Crippen molar-refractivity contribution in [2.75, 3.05) is 5.73 Å². The minimum Gasteiger partial charge on any atom is -0.399 e. The molecule has 0 amide bonds. The third kappa shape index (κ3) is 4.02. The maximum Gasteiger partial charge on any atom is 0.295 e. The molecule has 0 fully saturated rings. The highest BCUT2D eigenvalue weighted by Crippen LogP contribution is 2.34.